The smallest absolute Gasteiger partial charge is 0.355 e. The molecule has 132 valence electrons. The van der Waals surface area contributed by atoms with Crippen molar-refractivity contribution in [3.05, 3.63) is 52.8 Å². The molecule has 0 spiro atoms. The van der Waals surface area contributed by atoms with Gasteiger partial charge in [0, 0.05) is 18.8 Å². The highest BCUT2D eigenvalue weighted by Crippen LogP contribution is 2.29. The average Bonchev–Trinajstić information content (AvgIpc) is 3.38. The fraction of sp³-hybridized carbons (Fsp3) is 0.333. The highest BCUT2D eigenvalue weighted by Gasteiger charge is 2.33. The Morgan fingerprint density at radius 2 is 2.00 bits per heavy atom. The van der Waals surface area contributed by atoms with Crippen LogP contribution in [0.3, 0.4) is 0 Å². The Morgan fingerprint density at radius 3 is 2.56 bits per heavy atom. The van der Waals surface area contributed by atoms with Gasteiger partial charge in [-0.15, -0.1) is 0 Å². The molecule has 0 unspecified atom stereocenters. The zero-order valence-corrected chi connectivity index (χ0v) is 14.6. The minimum absolute atomic E-state index is 0.204. The Kier molecular flexibility index (Phi) is 5.28. The molecule has 0 saturated heterocycles. The number of benzene rings is 1. The molecule has 1 aromatic carbocycles. The van der Waals surface area contributed by atoms with Crippen LogP contribution < -0.4 is 4.74 Å². The van der Waals surface area contributed by atoms with Crippen LogP contribution in [0.1, 0.15) is 28.9 Å². The van der Waals surface area contributed by atoms with Crippen molar-refractivity contribution < 1.29 is 19.1 Å². The van der Waals surface area contributed by atoms with Crippen LogP contribution in [-0.2, 0) is 16.1 Å². The van der Waals surface area contributed by atoms with Crippen LogP contribution in [0, 0.1) is 0 Å². The summed E-state index contributed by atoms with van der Waals surface area (Å²) in [5.41, 5.74) is 1.23. The van der Waals surface area contributed by atoms with Crippen molar-refractivity contribution in [2.75, 3.05) is 13.7 Å². The first kappa shape index (κ1) is 17.4. The summed E-state index contributed by atoms with van der Waals surface area (Å²) in [6.07, 6.45) is 3.43. The highest BCUT2D eigenvalue weighted by atomic mass is 35.5. The van der Waals surface area contributed by atoms with Crippen LogP contribution in [0.5, 0.6) is 5.75 Å². The van der Waals surface area contributed by atoms with E-state index in [0.29, 0.717) is 11.6 Å². The van der Waals surface area contributed by atoms with Gasteiger partial charge in [0.15, 0.2) is 6.61 Å². The van der Waals surface area contributed by atoms with E-state index in [4.69, 9.17) is 21.1 Å². The number of aromatic amines is 1. The summed E-state index contributed by atoms with van der Waals surface area (Å²) < 4.78 is 10.2. The average molecular weight is 363 g/mol. The number of rotatable bonds is 7. The van der Waals surface area contributed by atoms with Gasteiger partial charge in [-0.1, -0.05) is 23.7 Å². The van der Waals surface area contributed by atoms with Crippen LogP contribution in [-0.4, -0.2) is 41.5 Å². The predicted molar refractivity (Wildman–Crippen MR) is 92.7 cm³/mol. The van der Waals surface area contributed by atoms with Gasteiger partial charge in [0.2, 0.25) is 0 Å². The Labute approximate surface area is 150 Å². The van der Waals surface area contributed by atoms with Crippen LogP contribution in [0.4, 0.5) is 0 Å². The van der Waals surface area contributed by atoms with E-state index in [1.807, 2.05) is 24.3 Å². The van der Waals surface area contributed by atoms with E-state index in [0.717, 1.165) is 24.2 Å². The number of ether oxygens (including phenoxy) is 2. The minimum Gasteiger partial charge on any atom is -0.497 e. The lowest BCUT2D eigenvalue weighted by Crippen LogP contribution is -2.36. The number of amides is 1. The van der Waals surface area contributed by atoms with Crippen molar-refractivity contribution in [1.29, 1.82) is 0 Å². The number of carbonyl (C=O) groups excluding carboxylic acids is 2. The number of esters is 1. The van der Waals surface area contributed by atoms with Crippen molar-refractivity contribution in [1.82, 2.24) is 9.88 Å². The third kappa shape index (κ3) is 4.54. The maximum Gasteiger partial charge on any atom is 0.355 e. The lowest BCUT2D eigenvalue weighted by Gasteiger charge is -2.22. The number of aromatic nitrogens is 1. The molecule has 1 saturated carbocycles. The van der Waals surface area contributed by atoms with E-state index in [1.165, 1.54) is 12.3 Å². The fourth-order valence-corrected chi connectivity index (χ4v) is 2.67. The number of carbonyl (C=O) groups is 2. The van der Waals surface area contributed by atoms with E-state index in [-0.39, 0.29) is 24.2 Å². The summed E-state index contributed by atoms with van der Waals surface area (Å²) >= 11 is 5.76. The first-order chi connectivity index (χ1) is 12.1. The molecule has 1 aromatic heterocycles. The molecule has 1 fully saturated rings. The van der Waals surface area contributed by atoms with Gasteiger partial charge in [0.05, 0.1) is 12.1 Å². The van der Waals surface area contributed by atoms with Crippen LogP contribution >= 0.6 is 11.6 Å². The standard InChI is InChI=1S/C18H19ClN2O4/c1-24-15-6-2-12(3-7-15)10-21(14-4-5-14)17(22)11-25-18(23)16-8-13(19)9-20-16/h2-3,6-9,14,20H,4-5,10-11H2,1H3. The SMILES string of the molecule is COc1ccc(CN(C(=O)COC(=O)c2cc(Cl)c[nH]2)C2CC2)cc1. The third-order valence-corrected chi connectivity index (χ3v) is 4.23. The maximum absolute atomic E-state index is 12.5. The molecule has 0 atom stereocenters. The summed E-state index contributed by atoms with van der Waals surface area (Å²) in [7, 11) is 1.61. The van der Waals surface area contributed by atoms with Crippen LogP contribution in [0.25, 0.3) is 0 Å². The van der Waals surface area contributed by atoms with Crippen molar-refractivity contribution in [3.63, 3.8) is 0 Å². The van der Waals surface area contributed by atoms with E-state index in [9.17, 15) is 9.59 Å². The molecule has 1 aliphatic carbocycles. The summed E-state index contributed by atoms with van der Waals surface area (Å²) in [5.74, 6) is -0.0312. The zero-order chi connectivity index (χ0) is 17.8. The molecule has 6 nitrogen and oxygen atoms in total. The van der Waals surface area contributed by atoms with Gasteiger partial charge < -0.3 is 19.4 Å². The molecule has 0 aliphatic heterocycles. The molecule has 2 aromatic rings. The number of hydrogen-bond donors (Lipinski definition) is 1. The van der Waals surface area contributed by atoms with E-state index >= 15 is 0 Å². The van der Waals surface area contributed by atoms with Gasteiger partial charge in [-0.3, -0.25) is 4.79 Å². The second-order valence-corrected chi connectivity index (χ2v) is 6.35. The number of halogens is 1. The molecule has 1 amide bonds. The highest BCUT2D eigenvalue weighted by molar-refractivity contribution is 6.30. The summed E-state index contributed by atoms with van der Waals surface area (Å²) in [6, 6.07) is 9.25. The van der Waals surface area contributed by atoms with Gasteiger partial charge in [-0.05, 0) is 36.6 Å². The number of methoxy groups -OCH3 is 1. The number of hydrogen-bond acceptors (Lipinski definition) is 4. The summed E-state index contributed by atoms with van der Waals surface area (Å²) in [5, 5.41) is 0.414. The van der Waals surface area contributed by atoms with Crippen molar-refractivity contribution in [2.24, 2.45) is 0 Å². The van der Waals surface area contributed by atoms with E-state index < -0.39 is 5.97 Å². The summed E-state index contributed by atoms with van der Waals surface area (Å²) in [6.45, 7) is 0.196. The number of nitrogens with zero attached hydrogens (tertiary/aromatic N) is 1. The first-order valence-corrected chi connectivity index (χ1v) is 8.38. The second kappa shape index (κ2) is 7.61. The largest absolute Gasteiger partial charge is 0.497 e. The van der Waals surface area contributed by atoms with Crippen molar-refractivity contribution >= 4 is 23.5 Å². The molecule has 3 rings (SSSR count). The molecule has 0 bridgehead atoms. The molecule has 0 radical (unpaired) electrons. The van der Waals surface area contributed by atoms with Crippen LogP contribution in [0.2, 0.25) is 5.02 Å². The lowest BCUT2D eigenvalue weighted by molar-refractivity contribution is -0.135. The lowest BCUT2D eigenvalue weighted by atomic mass is 10.2. The van der Waals surface area contributed by atoms with Gasteiger partial charge in [-0.25, -0.2) is 4.79 Å². The van der Waals surface area contributed by atoms with Crippen molar-refractivity contribution in [3.8, 4) is 5.75 Å². The molecular weight excluding hydrogens is 344 g/mol. The molecular formula is C18H19ClN2O4. The molecule has 1 aliphatic rings. The van der Waals surface area contributed by atoms with Gasteiger partial charge in [-0.2, -0.15) is 0 Å². The minimum atomic E-state index is -0.597. The van der Waals surface area contributed by atoms with Gasteiger partial charge in [0.25, 0.3) is 5.91 Å². The summed E-state index contributed by atoms with van der Waals surface area (Å²) in [4.78, 5) is 28.8. The topological polar surface area (TPSA) is 71.6 Å². The first-order valence-electron chi connectivity index (χ1n) is 8.00. The van der Waals surface area contributed by atoms with E-state index in [1.54, 1.807) is 12.0 Å². The Morgan fingerprint density at radius 1 is 1.28 bits per heavy atom. The Balaban J connectivity index is 1.58. The van der Waals surface area contributed by atoms with Gasteiger partial charge in [0.1, 0.15) is 11.4 Å². The van der Waals surface area contributed by atoms with Crippen LogP contribution in [0.15, 0.2) is 36.5 Å². The number of H-pyrrole nitrogens is 1. The molecule has 1 N–H and O–H groups in total. The second-order valence-electron chi connectivity index (χ2n) is 5.91. The monoisotopic (exact) mass is 362 g/mol. The normalized spacial score (nSPS) is 13.4. The predicted octanol–water partition coefficient (Wildman–Crippen LogP) is 3.02. The molecule has 1 heterocycles. The Bertz CT molecular complexity index is 753. The van der Waals surface area contributed by atoms with E-state index in [2.05, 4.69) is 4.98 Å². The molecule has 25 heavy (non-hydrogen) atoms. The van der Waals surface area contributed by atoms with Gasteiger partial charge >= 0.3 is 5.97 Å². The maximum atomic E-state index is 12.5. The molecule has 7 heteroatoms. The third-order valence-electron chi connectivity index (χ3n) is 4.01. The zero-order valence-electron chi connectivity index (χ0n) is 13.8. The fourth-order valence-electron chi connectivity index (χ4n) is 2.51. The van der Waals surface area contributed by atoms with Crippen molar-refractivity contribution in [2.45, 2.75) is 25.4 Å². The quantitative estimate of drug-likeness (QED) is 0.768. The Hall–Kier alpha value is -2.47. The number of nitrogens with one attached hydrogen (secondary N) is 1.